The van der Waals surface area contributed by atoms with Crippen molar-refractivity contribution in [3.05, 3.63) is 88.7 Å². The first-order valence-corrected chi connectivity index (χ1v) is 9.64. The molecule has 0 aliphatic carbocycles. The second-order valence-electron chi connectivity index (χ2n) is 6.83. The summed E-state index contributed by atoms with van der Waals surface area (Å²) in [6.45, 7) is 1.83. The van der Waals surface area contributed by atoms with Crippen molar-refractivity contribution < 1.29 is 23.5 Å². The Balaban J connectivity index is 1.78. The van der Waals surface area contributed by atoms with Crippen molar-refractivity contribution in [1.82, 2.24) is 5.43 Å². The summed E-state index contributed by atoms with van der Waals surface area (Å²) in [4.78, 5) is 25.5. The number of hydrogen-bond acceptors (Lipinski definition) is 5. The molecule has 32 heavy (non-hydrogen) atoms. The fraction of sp³-hybridized carbons (Fsp3) is 0.125. The predicted octanol–water partition coefficient (Wildman–Crippen LogP) is 4.17. The van der Waals surface area contributed by atoms with Gasteiger partial charge in [-0.25, -0.2) is 9.82 Å². The van der Waals surface area contributed by atoms with Crippen LogP contribution in [0.1, 0.15) is 31.8 Å². The Kier molecular flexibility index (Phi) is 7.17. The minimum absolute atomic E-state index is 0.232. The van der Waals surface area contributed by atoms with Crippen LogP contribution >= 0.6 is 0 Å². The molecule has 0 bridgehead atoms. The van der Waals surface area contributed by atoms with E-state index in [1.165, 1.54) is 32.6 Å². The number of nitrogens with one attached hydrogen (secondary N) is 2. The molecule has 0 saturated heterocycles. The van der Waals surface area contributed by atoms with E-state index in [4.69, 9.17) is 9.47 Å². The van der Waals surface area contributed by atoms with Crippen LogP contribution in [0.3, 0.4) is 0 Å². The van der Waals surface area contributed by atoms with Crippen molar-refractivity contribution in [3.8, 4) is 11.5 Å². The minimum atomic E-state index is -0.524. The highest BCUT2D eigenvalue weighted by molar-refractivity contribution is 6.09. The lowest BCUT2D eigenvalue weighted by Gasteiger charge is -2.13. The first-order chi connectivity index (χ1) is 15.4. The molecule has 0 radical (unpaired) electrons. The number of amides is 2. The Morgan fingerprint density at radius 3 is 2.44 bits per heavy atom. The smallest absolute Gasteiger partial charge is 0.273 e. The number of anilines is 1. The fourth-order valence-corrected chi connectivity index (χ4v) is 2.94. The zero-order chi connectivity index (χ0) is 23.1. The highest BCUT2D eigenvalue weighted by Crippen LogP contribution is 2.28. The van der Waals surface area contributed by atoms with Gasteiger partial charge in [0.15, 0.2) is 11.5 Å². The molecule has 7 nitrogen and oxygen atoms in total. The summed E-state index contributed by atoms with van der Waals surface area (Å²) in [6, 6.07) is 15.6. The third-order valence-corrected chi connectivity index (χ3v) is 4.54. The van der Waals surface area contributed by atoms with Gasteiger partial charge in [0.1, 0.15) is 5.82 Å². The van der Waals surface area contributed by atoms with E-state index in [-0.39, 0.29) is 5.56 Å². The predicted molar refractivity (Wildman–Crippen MR) is 120 cm³/mol. The third-order valence-electron chi connectivity index (χ3n) is 4.54. The van der Waals surface area contributed by atoms with E-state index in [9.17, 15) is 14.0 Å². The standard InChI is InChI=1S/C24H22FN3O4/c1-15-7-9-20(27-23(29)17-8-10-21(31-2)22(13-17)32-3)19(11-15)24(30)28-26-14-16-5-4-6-18(25)12-16/h4-14H,1-3H3,(H,27,29)(H,28,30)/b26-14+. The van der Waals surface area contributed by atoms with Crippen LogP contribution in [0.25, 0.3) is 0 Å². The van der Waals surface area contributed by atoms with Gasteiger partial charge in [0.05, 0.1) is 31.7 Å². The van der Waals surface area contributed by atoms with E-state index < -0.39 is 17.6 Å². The molecule has 0 aromatic heterocycles. The molecular weight excluding hydrogens is 413 g/mol. The Morgan fingerprint density at radius 1 is 0.938 bits per heavy atom. The number of methoxy groups -OCH3 is 2. The maximum absolute atomic E-state index is 13.3. The summed E-state index contributed by atoms with van der Waals surface area (Å²) in [5.74, 6) is -0.445. The van der Waals surface area contributed by atoms with Gasteiger partial charge in [0.25, 0.3) is 11.8 Å². The lowest BCUT2D eigenvalue weighted by atomic mass is 10.1. The number of ether oxygens (including phenoxy) is 2. The maximum atomic E-state index is 13.3. The van der Waals surface area contributed by atoms with E-state index >= 15 is 0 Å². The van der Waals surface area contributed by atoms with Gasteiger partial charge in [-0.2, -0.15) is 5.10 Å². The van der Waals surface area contributed by atoms with Crippen LogP contribution in [-0.4, -0.2) is 32.2 Å². The first kappa shape index (κ1) is 22.5. The lowest BCUT2D eigenvalue weighted by molar-refractivity contribution is 0.0956. The molecule has 0 aliphatic heterocycles. The molecule has 3 aromatic rings. The fourth-order valence-electron chi connectivity index (χ4n) is 2.94. The van der Waals surface area contributed by atoms with Crippen LogP contribution in [0.15, 0.2) is 65.8 Å². The molecule has 0 unspecified atom stereocenters. The van der Waals surface area contributed by atoms with E-state index in [0.29, 0.717) is 28.3 Å². The molecule has 2 N–H and O–H groups in total. The third kappa shape index (κ3) is 5.48. The zero-order valence-electron chi connectivity index (χ0n) is 17.8. The van der Waals surface area contributed by atoms with Gasteiger partial charge in [-0.15, -0.1) is 0 Å². The number of carbonyl (C=O) groups is 2. The molecule has 3 rings (SSSR count). The summed E-state index contributed by atoms with van der Waals surface area (Å²) in [5.41, 5.74) is 4.60. The molecule has 0 heterocycles. The lowest BCUT2D eigenvalue weighted by Crippen LogP contribution is -2.21. The number of nitrogens with zero attached hydrogens (tertiary/aromatic N) is 1. The molecule has 0 saturated carbocycles. The van der Waals surface area contributed by atoms with Gasteiger partial charge in [0, 0.05) is 5.56 Å². The van der Waals surface area contributed by atoms with E-state index in [1.54, 1.807) is 48.5 Å². The van der Waals surface area contributed by atoms with Crippen LogP contribution in [0.2, 0.25) is 0 Å². The summed E-state index contributed by atoms with van der Waals surface area (Å²) in [5, 5.41) is 6.62. The Labute approximate surface area is 184 Å². The van der Waals surface area contributed by atoms with Crippen LogP contribution in [0.5, 0.6) is 11.5 Å². The Hall–Kier alpha value is -4.20. The van der Waals surface area contributed by atoms with Gasteiger partial charge in [-0.3, -0.25) is 9.59 Å². The normalized spacial score (nSPS) is 10.6. The second-order valence-corrected chi connectivity index (χ2v) is 6.83. The van der Waals surface area contributed by atoms with Crippen molar-refractivity contribution in [3.63, 3.8) is 0 Å². The van der Waals surface area contributed by atoms with Crippen molar-refractivity contribution in [2.45, 2.75) is 6.92 Å². The zero-order valence-corrected chi connectivity index (χ0v) is 17.8. The van der Waals surface area contributed by atoms with Gasteiger partial charge >= 0.3 is 0 Å². The van der Waals surface area contributed by atoms with Gasteiger partial charge in [-0.1, -0.05) is 23.8 Å². The number of carbonyl (C=O) groups excluding carboxylic acids is 2. The topological polar surface area (TPSA) is 89.0 Å². The molecule has 164 valence electrons. The summed E-state index contributed by atoms with van der Waals surface area (Å²) < 4.78 is 23.7. The van der Waals surface area contributed by atoms with E-state index in [0.717, 1.165) is 5.56 Å². The monoisotopic (exact) mass is 435 g/mol. The van der Waals surface area contributed by atoms with Crippen molar-refractivity contribution >= 4 is 23.7 Å². The molecular formula is C24H22FN3O4. The van der Waals surface area contributed by atoms with Crippen LogP contribution in [0, 0.1) is 12.7 Å². The van der Waals surface area contributed by atoms with Crippen LogP contribution in [-0.2, 0) is 0 Å². The minimum Gasteiger partial charge on any atom is -0.493 e. The van der Waals surface area contributed by atoms with Crippen LogP contribution < -0.4 is 20.2 Å². The Bertz CT molecular complexity index is 1180. The Morgan fingerprint density at radius 2 is 1.72 bits per heavy atom. The molecule has 0 aliphatic rings. The molecule has 8 heteroatoms. The van der Waals surface area contributed by atoms with Crippen molar-refractivity contribution in [2.75, 3.05) is 19.5 Å². The van der Waals surface area contributed by atoms with Crippen LogP contribution in [0.4, 0.5) is 10.1 Å². The first-order valence-electron chi connectivity index (χ1n) is 9.64. The molecule has 3 aromatic carbocycles. The molecule has 2 amide bonds. The van der Waals surface area contributed by atoms with Crippen molar-refractivity contribution in [1.29, 1.82) is 0 Å². The highest BCUT2D eigenvalue weighted by Gasteiger charge is 2.16. The number of hydrazone groups is 1. The maximum Gasteiger partial charge on any atom is 0.273 e. The highest BCUT2D eigenvalue weighted by atomic mass is 19.1. The number of rotatable bonds is 7. The average molecular weight is 435 g/mol. The largest absolute Gasteiger partial charge is 0.493 e. The van der Waals surface area contributed by atoms with Gasteiger partial charge < -0.3 is 14.8 Å². The van der Waals surface area contributed by atoms with Crippen molar-refractivity contribution in [2.24, 2.45) is 5.10 Å². The van der Waals surface area contributed by atoms with Gasteiger partial charge in [0.2, 0.25) is 0 Å². The SMILES string of the molecule is COc1ccc(C(=O)Nc2ccc(C)cc2C(=O)N/N=C/c2cccc(F)c2)cc1OC. The van der Waals surface area contributed by atoms with E-state index in [1.807, 2.05) is 6.92 Å². The van der Waals surface area contributed by atoms with E-state index in [2.05, 4.69) is 15.8 Å². The quantitative estimate of drug-likeness (QED) is 0.431. The molecule has 0 fully saturated rings. The number of benzene rings is 3. The molecule has 0 spiro atoms. The average Bonchev–Trinajstić information content (AvgIpc) is 2.79. The summed E-state index contributed by atoms with van der Waals surface area (Å²) in [7, 11) is 2.98. The molecule has 0 atom stereocenters. The number of hydrogen-bond donors (Lipinski definition) is 2. The summed E-state index contributed by atoms with van der Waals surface area (Å²) in [6.07, 6.45) is 1.33. The summed E-state index contributed by atoms with van der Waals surface area (Å²) >= 11 is 0. The van der Waals surface area contributed by atoms with Gasteiger partial charge in [-0.05, 0) is 55.0 Å². The number of halogens is 1. The number of aryl methyl sites for hydroxylation is 1. The second kappa shape index (κ2) is 10.2.